The predicted octanol–water partition coefficient (Wildman–Crippen LogP) is 5.60. The van der Waals surface area contributed by atoms with Gasteiger partial charge in [0.2, 0.25) is 0 Å². The maximum absolute atomic E-state index is 13.1. The van der Waals surface area contributed by atoms with Crippen LogP contribution in [0.4, 0.5) is 17.1 Å². The van der Waals surface area contributed by atoms with E-state index in [1.54, 1.807) is 30.3 Å². The molecule has 1 heterocycles. The normalized spacial score (nSPS) is 12.5. The average molecular weight is 434 g/mol. The molecule has 33 heavy (non-hydrogen) atoms. The highest BCUT2D eigenvalue weighted by Gasteiger charge is 2.38. The number of carbonyl (C=O) groups excluding carboxylic acids is 2. The van der Waals surface area contributed by atoms with E-state index >= 15 is 0 Å². The van der Waals surface area contributed by atoms with E-state index in [4.69, 9.17) is 0 Å². The van der Waals surface area contributed by atoms with Crippen molar-refractivity contribution in [3.05, 3.63) is 114 Å². The first-order valence-corrected chi connectivity index (χ1v) is 10.3. The van der Waals surface area contributed by atoms with Crippen molar-refractivity contribution in [3.8, 4) is 11.1 Å². The molecular formula is C27H18N2O4. The van der Waals surface area contributed by atoms with Gasteiger partial charge in [0.05, 0.1) is 28.1 Å². The lowest BCUT2D eigenvalue weighted by Crippen LogP contribution is -2.30. The molecule has 0 unspecified atom stereocenters. The maximum Gasteiger partial charge on any atom is 0.337 e. The molecule has 2 amide bonds. The van der Waals surface area contributed by atoms with Gasteiger partial charge in [-0.25, -0.2) is 9.69 Å². The molecule has 0 spiro atoms. The fourth-order valence-corrected chi connectivity index (χ4v) is 4.04. The quantitative estimate of drug-likeness (QED) is 0.400. The second kappa shape index (κ2) is 8.09. The molecule has 1 aliphatic rings. The highest BCUT2D eigenvalue weighted by Crippen LogP contribution is 2.39. The van der Waals surface area contributed by atoms with E-state index in [0.29, 0.717) is 16.8 Å². The Morgan fingerprint density at radius 3 is 1.88 bits per heavy atom. The Bertz CT molecular complexity index is 1380. The molecule has 0 radical (unpaired) electrons. The van der Waals surface area contributed by atoms with Crippen LogP contribution >= 0.6 is 0 Å². The molecule has 0 saturated carbocycles. The van der Waals surface area contributed by atoms with E-state index in [0.717, 1.165) is 16.0 Å². The smallest absolute Gasteiger partial charge is 0.337 e. The van der Waals surface area contributed by atoms with Crippen LogP contribution in [0.15, 0.2) is 97.1 Å². The summed E-state index contributed by atoms with van der Waals surface area (Å²) in [4.78, 5) is 39.3. The molecular weight excluding hydrogens is 416 g/mol. The number of carbonyl (C=O) groups is 3. The minimum absolute atomic E-state index is 0.0491. The number of imide groups is 1. The van der Waals surface area contributed by atoms with E-state index in [2.05, 4.69) is 5.32 Å². The molecule has 160 valence electrons. The van der Waals surface area contributed by atoms with Crippen molar-refractivity contribution < 1.29 is 19.5 Å². The first-order chi connectivity index (χ1) is 16.1. The van der Waals surface area contributed by atoms with Crippen molar-refractivity contribution in [2.75, 3.05) is 10.2 Å². The summed E-state index contributed by atoms with van der Waals surface area (Å²) in [6, 6.07) is 28.2. The second-order valence-electron chi connectivity index (χ2n) is 7.53. The summed E-state index contributed by atoms with van der Waals surface area (Å²) in [6.45, 7) is 0. The maximum atomic E-state index is 13.1. The zero-order valence-electron chi connectivity index (χ0n) is 17.4. The summed E-state index contributed by atoms with van der Waals surface area (Å²) >= 11 is 0. The summed E-state index contributed by atoms with van der Waals surface area (Å²) in [5.74, 6) is -2.15. The Hall–Kier alpha value is -4.71. The molecule has 0 aromatic heterocycles. The molecule has 0 bridgehead atoms. The molecule has 5 rings (SSSR count). The SMILES string of the molecule is O=C(O)c1cccc(N2C(=O)c3ccccc3C2=O)c1Nc1ccccc1-c1ccccc1. The Labute approximate surface area is 189 Å². The van der Waals surface area contributed by atoms with E-state index < -0.39 is 17.8 Å². The van der Waals surface area contributed by atoms with Crippen LogP contribution in [0.2, 0.25) is 0 Å². The largest absolute Gasteiger partial charge is 0.478 e. The van der Waals surface area contributed by atoms with Gasteiger partial charge < -0.3 is 10.4 Å². The van der Waals surface area contributed by atoms with Gasteiger partial charge in [-0.3, -0.25) is 9.59 Å². The van der Waals surface area contributed by atoms with E-state index in [9.17, 15) is 19.5 Å². The van der Waals surface area contributed by atoms with Crippen LogP contribution in [-0.4, -0.2) is 22.9 Å². The average Bonchev–Trinajstić information content (AvgIpc) is 3.10. The summed E-state index contributed by atoms with van der Waals surface area (Å²) in [5.41, 5.74) is 3.33. The predicted molar refractivity (Wildman–Crippen MR) is 126 cm³/mol. The number of nitrogens with one attached hydrogen (secondary N) is 1. The van der Waals surface area contributed by atoms with E-state index in [1.807, 2.05) is 54.6 Å². The molecule has 6 nitrogen and oxygen atoms in total. The summed E-state index contributed by atoms with van der Waals surface area (Å²) in [5, 5.41) is 13.1. The number of amides is 2. The molecule has 0 aliphatic carbocycles. The number of carboxylic acid groups (broad SMARTS) is 1. The number of carboxylic acids is 1. The van der Waals surface area contributed by atoms with Crippen molar-refractivity contribution in [2.24, 2.45) is 0 Å². The van der Waals surface area contributed by atoms with Crippen LogP contribution in [0.5, 0.6) is 0 Å². The second-order valence-corrected chi connectivity index (χ2v) is 7.53. The standard InChI is InChI=1S/C27H18N2O4/c30-25-19-12-4-5-13-20(19)26(31)29(25)23-16-8-14-21(27(32)33)24(23)28-22-15-7-6-11-18(22)17-9-2-1-3-10-17/h1-16,28H,(H,32,33). The minimum atomic E-state index is -1.17. The lowest BCUT2D eigenvalue weighted by Gasteiger charge is -2.22. The molecule has 1 aliphatic heterocycles. The lowest BCUT2D eigenvalue weighted by atomic mass is 10.0. The molecule has 6 heteroatoms. The van der Waals surface area contributed by atoms with Gasteiger partial charge in [-0.15, -0.1) is 0 Å². The summed E-state index contributed by atoms with van der Waals surface area (Å²) in [6.07, 6.45) is 0. The molecule has 0 saturated heterocycles. The number of hydrogen-bond donors (Lipinski definition) is 2. The number of rotatable bonds is 5. The Kier molecular flexibility index (Phi) is 4.95. The monoisotopic (exact) mass is 434 g/mol. The van der Waals surface area contributed by atoms with Crippen LogP contribution in [0, 0.1) is 0 Å². The summed E-state index contributed by atoms with van der Waals surface area (Å²) < 4.78 is 0. The highest BCUT2D eigenvalue weighted by molar-refractivity contribution is 6.35. The van der Waals surface area contributed by atoms with Crippen LogP contribution in [0.1, 0.15) is 31.1 Å². The Balaban J connectivity index is 1.66. The van der Waals surface area contributed by atoms with Crippen molar-refractivity contribution in [1.29, 1.82) is 0 Å². The number of nitrogens with zero attached hydrogens (tertiary/aromatic N) is 1. The van der Waals surface area contributed by atoms with Crippen LogP contribution in [0.25, 0.3) is 11.1 Å². The zero-order chi connectivity index (χ0) is 22.9. The van der Waals surface area contributed by atoms with E-state index in [-0.39, 0.29) is 16.9 Å². The van der Waals surface area contributed by atoms with Crippen molar-refractivity contribution >= 4 is 34.8 Å². The van der Waals surface area contributed by atoms with Crippen molar-refractivity contribution in [1.82, 2.24) is 0 Å². The first kappa shape index (κ1) is 20.2. The van der Waals surface area contributed by atoms with Gasteiger partial charge >= 0.3 is 5.97 Å². The number of aromatic carboxylic acids is 1. The fraction of sp³-hybridized carbons (Fsp3) is 0. The third-order valence-electron chi connectivity index (χ3n) is 5.58. The fourth-order valence-electron chi connectivity index (χ4n) is 4.04. The highest BCUT2D eigenvalue weighted by atomic mass is 16.4. The van der Waals surface area contributed by atoms with E-state index in [1.165, 1.54) is 12.1 Å². The summed E-state index contributed by atoms with van der Waals surface area (Å²) in [7, 11) is 0. The number of benzene rings is 4. The van der Waals surface area contributed by atoms with Crippen molar-refractivity contribution in [2.45, 2.75) is 0 Å². The molecule has 4 aromatic rings. The lowest BCUT2D eigenvalue weighted by molar-refractivity contribution is 0.0697. The minimum Gasteiger partial charge on any atom is -0.478 e. The third kappa shape index (κ3) is 3.43. The number of hydrogen-bond acceptors (Lipinski definition) is 4. The van der Waals surface area contributed by atoms with Crippen LogP contribution in [-0.2, 0) is 0 Å². The van der Waals surface area contributed by atoms with Gasteiger partial charge in [-0.1, -0.05) is 66.7 Å². The number of fused-ring (bicyclic) bond motifs is 1. The van der Waals surface area contributed by atoms with Crippen LogP contribution < -0.4 is 10.2 Å². The molecule has 0 fully saturated rings. The first-order valence-electron chi connectivity index (χ1n) is 10.3. The van der Waals surface area contributed by atoms with Crippen LogP contribution in [0.3, 0.4) is 0 Å². The van der Waals surface area contributed by atoms with Gasteiger partial charge in [0.15, 0.2) is 0 Å². The number of para-hydroxylation sites is 2. The van der Waals surface area contributed by atoms with Gasteiger partial charge in [0.1, 0.15) is 0 Å². The van der Waals surface area contributed by atoms with Gasteiger partial charge in [-0.2, -0.15) is 0 Å². The van der Waals surface area contributed by atoms with Gasteiger partial charge in [0, 0.05) is 11.3 Å². The van der Waals surface area contributed by atoms with Gasteiger partial charge in [-0.05, 0) is 35.9 Å². The third-order valence-corrected chi connectivity index (χ3v) is 5.58. The van der Waals surface area contributed by atoms with Crippen molar-refractivity contribution in [3.63, 3.8) is 0 Å². The molecule has 4 aromatic carbocycles. The Morgan fingerprint density at radius 2 is 1.24 bits per heavy atom. The zero-order valence-corrected chi connectivity index (χ0v) is 17.4. The Morgan fingerprint density at radius 1 is 0.667 bits per heavy atom. The molecule has 0 atom stereocenters. The number of anilines is 3. The molecule has 2 N–H and O–H groups in total. The van der Waals surface area contributed by atoms with Gasteiger partial charge in [0.25, 0.3) is 11.8 Å². The topological polar surface area (TPSA) is 86.7 Å².